The lowest BCUT2D eigenvalue weighted by atomic mass is 10.3. The molecule has 0 aliphatic heterocycles. The lowest BCUT2D eigenvalue weighted by Crippen LogP contribution is -2.25. The standard InChI is InChI=1S/C12H13N7O/c1-7-3-4-19-10(5-7)14-8(2)11(19)12(20)13-6-9-15-17-18-16-9/h3-5H,6H2,1-2H3,(H,13,20)(H,15,16,17,18). The molecule has 3 heterocycles. The minimum absolute atomic E-state index is 0.216. The third-order valence-corrected chi connectivity index (χ3v) is 2.97. The van der Waals surface area contributed by atoms with Crippen molar-refractivity contribution in [1.29, 1.82) is 0 Å². The first-order valence-electron chi connectivity index (χ1n) is 6.11. The van der Waals surface area contributed by atoms with E-state index in [4.69, 9.17) is 0 Å². The zero-order valence-corrected chi connectivity index (χ0v) is 11.1. The van der Waals surface area contributed by atoms with Crippen LogP contribution in [0.15, 0.2) is 18.3 Å². The number of carbonyl (C=O) groups excluding carboxylic acids is 1. The Morgan fingerprint density at radius 3 is 3.05 bits per heavy atom. The van der Waals surface area contributed by atoms with E-state index in [1.807, 2.05) is 32.2 Å². The van der Waals surface area contributed by atoms with Gasteiger partial charge < -0.3 is 5.32 Å². The van der Waals surface area contributed by atoms with Gasteiger partial charge in [0.15, 0.2) is 5.82 Å². The van der Waals surface area contributed by atoms with Gasteiger partial charge in [0, 0.05) is 6.20 Å². The van der Waals surface area contributed by atoms with Crippen molar-refractivity contribution >= 4 is 11.6 Å². The van der Waals surface area contributed by atoms with Gasteiger partial charge in [0.25, 0.3) is 5.91 Å². The van der Waals surface area contributed by atoms with Gasteiger partial charge in [-0.15, -0.1) is 10.2 Å². The van der Waals surface area contributed by atoms with E-state index in [-0.39, 0.29) is 12.5 Å². The maximum Gasteiger partial charge on any atom is 0.270 e. The van der Waals surface area contributed by atoms with Crippen molar-refractivity contribution in [2.45, 2.75) is 20.4 Å². The molecule has 3 rings (SSSR count). The van der Waals surface area contributed by atoms with Crippen LogP contribution in [0.5, 0.6) is 0 Å². The van der Waals surface area contributed by atoms with Crippen LogP contribution < -0.4 is 5.32 Å². The van der Waals surface area contributed by atoms with E-state index in [1.165, 1.54) is 0 Å². The lowest BCUT2D eigenvalue weighted by Gasteiger charge is -2.04. The van der Waals surface area contributed by atoms with E-state index < -0.39 is 0 Å². The molecule has 0 fully saturated rings. The third kappa shape index (κ3) is 2.11. The topological polar surface area (TPSA) is 101 Å². The van der Waals surface area contributed by atoms with E-state index in [9.17, 15) is 4.79 Å². The summed E-state index contributed by atoms with van der Waals surface area (Å²) in [5, 5.41) is 16.1. The zero-order chi connectivity index (χ0) is 14.1. The minimum atomic E-state index is -0.219. The van der Waals surface area contributed by atoms with Crippen LogP contribution in [0, 0.1) is 13.8 Å². The summed E-state index contributed by atoms with van der Waals surface area (Å²) in [7, 11) is 0. The first kappa shape index (κ1) is 12.3. The summed E-state index contributed by atoms with van der Waals surface area (Å²) in [4.78, 5) is 16.7. The number of H-pyrrole nitrogens is 1. The van der Waals surface area contributed by atoms with E-state index in [0.717, 1.165) is 11.2 Å². The van der Waals surface area contributed by atoms with Crippen LogP contribution in [-0.2, 0) is 6.54 Å². The van der Waals surface area contributed by atoms with E-state index in [1.54, 1.807) is 4.40 Å². The van der Waals surface area contributed by atoms with Crippen molar-refractivity contribution in [2.24, 2.45) is 0 Å². The minimum Gasteiger partial charge on any atom is -0.343 e. The number of amides is 1. The summed E-state index contributed by atoms with van der Waals surface area (Å²) < 4.78 is 1.77. The number of pyridine rings is 1. The van der Waals surface area contributed by atoms with Crippen molar-refractivity contribution < 1.29 is 4.79 Å². The quantitative estimate of drug-likeness (QED) is 0.717. The van der Waals surface area contributed by atoms with Gasteiger partial charge in [-0.25, -0.2) is 4.98 Å². The fourth-order valence-corrected chi connectivity index (χ4v) is 2.04. The maximum absolute atomic E-state index is 12.3. The van der Waals surface area contributed by atoms with Crippen LogP contribution >= 0.6 is 0 Å². The highest BCUT2D eigenvalue weighted by Crippen LogP contribution is 2.13. The van der Waals surface area contributed by atoms with Crippen LogP contribution in [0.25, 0.3) is 5.65 Å². The Hall–Kier alpha value is -2.77. The van der Waals surface area contributed by atoms with Gasteiger partial charge in [-0.05, 0) is 31.5 Å². The third-order valence-electron chi connectivity index (χ3n) is 2.97. The van der Waals surface area contributed by atoms with Crippen LogP contribution in [0.2, 0.25) is 0 Å². The predicted octanol–water partition coefficient (Wildman–Crippen LogP) is 0.394. The molecular formula is C12H13N7O. The number of carbonyl (C=O) groups is 1. The van der Waals surface area contributed by atoms with Crippen LogP contribution in [0.3, 0.4) is 0 Å². The summed E-state index contributed by atoms with van der Waals surface area (Å²) in [5.41, 5.74) is 3.05. The van der Waals surface area contributed by atoms with E-state index >= 15 is 0 Å². The van der Waals surface area contributed by atoms with Crippen molar-refractivity contribution in [1.82, 2.24) is 35.3 Å². The summed E-state index contributed by atoms with van der Waals surface area (Å²) >= 11 is 0. The molecule has 0 aliphatic carbocycles. The number of fused-ring (bicyclic) bond motifs is 1. The first-order chi connectivity index (χ1) is 9.65. The number of hydrogen-bond acceptors (Lipinski definition) is 5. The number of rotatable bonds is 3. The highest BCUT2D eigenvalue weighted by atomic mass is 16.2. The second kappa shape index (κ2) is 4.72. The van der Waals surface area contributed by atoms with Gasteiger partial charge in [0.05, 0.1) is 12.2 Å². The van der Waals surface area contributed by atoms with Crippen molar-refractivity contribution in [3.05, 3.63) is 41.1 Å². The van der Waals surface area contributed by atoms with Crippen LogP contribution in [0.4, 0.5) is 0 Å². The van der Waals surface area contributed by atoms with Gasteiger partial charge in [0.1, 0.15) is 11.3 Å². The van der Waals surface area contributed by atoms with Gasteiger partial charge in [-0.2, -0.15) is 5.21 Å². The van der Waals surface area contributed by atoms with Crippen molar-refractivity contribution in [3.63, 3.8) is 0 Å². The highest BCUT2D eigenvalue weighted by Gasteiger charge is 2.16. The molecule has 0 aromatic carbocycles. The highest BCUT2D eigenvalue weighted by molar-refractivity contribution is 5.94. The molecule has 20 heavy (non-hydrogen) atoms. The lowest BCUT2D eigenvalue weighted by molar-refractivity contribution is 0.0943. The number of nitrogens with one attached hydrogen (secondary N) is 2. The number of aryl methyl sites for hydroxylation is 2. The zero-order valence-electron chi connectivity index (χ0n) is 11.1. The smallest absolute Gasteiger partial charge is 0.270 e. The Kier molecular flexibility index (Phi) is 2.90. The molecule has 0 unspecified atom stereocenters. The summed E-state index contributed by atoms with van der Waals surface area (Å²) in [6.45, 7) is 4.01. The number of imidazole rings is 1. The molecule has 1 amide bonds. The molecule has 0 aliphatic rings. The molecule has 2 N–H and O–H groups in total. The molecular weight excluding hydrogens is 258 g/mol. The second-order valence-corrected chi connectivity index (χ2v) is 4.49. The second-order valence-electron chi connectivity index (χ2n) is 4.49. The molecule has 0 saturated carbocycles. The van der Waals surface area contributed by atoms with Gasteiger partial charge >= 0.3 is 0 Å². The van der Waals surface area contributed by atoms with Crippen molar-refractivity contribution in [3.8, 4) is 0 Å². The maximum atomic E-state index is 12.3. The molecule has 8 nitrogen and oxygen atoms in total. The Bertz CT molecular complexity index is 760. The molecule has 0 spiro atoms. The van der Waals surface area contributed by atoms with Crippen LogP contribution in [0.1, 0.15) is 27.6 Å². The number of nitrogens with zero attached hydrogens (tertiary/aromatic N) is 5. The molecule has 102 valence electrons. The molecule has 3 aromatic rings. The fourth-order valence-electron chi connectivity index (χ4n) is 2.04. The first-order valence-corrected chi connectivity index (χ1v) is 6.11. The monoisotopic (exact) mass is 271 g/mol. The van der Waals surface area contributed by atoms with E-state index in [0.29, 0.717) is 17.2 Å². The number of hydrogen-bond donors (Lipinski definition) is 2. The average molecular weight is 271 g/mol. The SMILES string of the molecule is Cc1ccn2c(C(=O)NCc3nn[nH]n3)c(C)nc2c1. The molecule has 0 atom stereocenters. The largest absolute Gasteiger partial charge is 0.343 e. The molecule has 0 saturated heterocycles. The Morgan fingerprint density at radius 2 is 2.30 bits per heavy atom. The Labute approximate surface area is 114 Å². The van der Waals surface area contributed by atoms with Gasteiger partial charge in [-0.3, -0.25) is 9.20 Å². The predicted molar refractivity (Wildman–Crippen MR) is 70.0 cm³/mol. The molecule has 8 heteroatoms. The number of aromatic nitrogens is 6. The van der Waals surface area contributed by atoms with Gasteiger partial charge in [0.2, 0.25) is 0 Å². The van der Waals surface area contributed by atoms with Crippen LogP contribution in [-0.4, -0.2) is 35.9 Å². The number of tetrazole rings is 1. The normalized spacial score (nSPS) is 10.9. The Morgan fingerprint density at radius 1 is 1.45 bits per heavy atom. The van der Waals surface area contributed by atoms with Gasteiger partial charge in [-0.1, -0.05) is 5.21 Å². The molecule has 0 bridgehead atoms. The fraction of sp³-hybridized carbons (Fsp3) is 0.250. The average Bonchev–Trinajstić information content (AvgIpc) is 3.02. The summed E-state index contributed by atoms with van der Waals surface area (Å²) in [5.74, 6) is 0.212. The molecule has 3 aromatic heterocycles. The number of aromatic amines is 1. The molecule has 0 radical (unpaired) electrons. The summed E-state index contributed by atoms with van der Waals surface area (Å²) in [6, 6.07) is 3.87. The van der Waals surface area contributed by atoms with E-state index in [2.05, 4.69) is 30.9 Å². The summed E-state index contributed by atoms with van der Waals surface area (Å²) in [6.07, 6.45) is 1.84. The van der Waals surface area contributed by atoms with Crippen molar-refractivity contribution in [2.75, 3.05) is 0 Å². The Balaban J connectivity index is 1.89.